The predicted molar refractivity (Wildman–Crippen MR) is 80.6 cm³/mol. The third kappa shape index (κ3) is 3.74. The lowest BCUT2D eigenvalue weighted by molar-refractivity contribution is -0.143. The molecule has 0 aliphatic rings. The largest absolute Gasteiger partial charge is 0.504 e. The Labute approximate surface area is 127 Å². The van der Waals surface area contributed by atoms with Gasteiger partial charge >= 0.3 is 5.97 Å². The Kier molecular flexibility index (Phi) is 5.19. The first kappa shape index (κ1) is 15.3. The van der Waals surface area contributed by atoms with E-state index in [2.05, 4.69) is 5.32 Å². The molecular formula is C15H17NO4S. The molecule has 0 fully saturated rings. The average molecular weight is 307 g/mol. The Morgan fingerprint density at radius 3 is 2.76 bits per heavy atom. The first-order valence-corrected chi connectivity index (χ1v) is 7.24. The van der Waals surface area contributed by atoms with Crippen LogP contribution in [0.4, 0.5) is 0 Å². The molecule has 0 aliphatic carbocycles. The fourth-order valence-electron chi connectivity index (χ4n) is 1.96. The zero-order valence-electron chi connectivity index (χ0n) is 11.8. The van der Waals surface area contributed by atoms with Crippen molar-refractivity contribution in [3.8, 4) is 11.5 Å². The van der Waals surface area contributed by atoms with Gasteiger partial charge in [-0.05, 0) is 29.1 Å². The van der Waals surface area contributed by atoms with E-state index in [0.717, 1.165) is 4.88 Å². The van der Waals surface area contributed by atoms with Gasteiger partial charge in [0.15, 0.2) is 11.5 Å². The van der Waals surface area contributed by atoms with Crippen molar-refractivity contribution >= 4 is 17.3 Å². The van der Waals surface area contributed by atoms with E-state index in [0.29, 0.717) is 17.9 Å². The number of hydrogen-bond acceptors (Lipinski definition) is 6. The van der Waals surface area contributed by atoms with Crippen LogP contribution in [0.2, 0.25) is 0 Å². The van der Waals surface area contributed by atoms with Crippen molar-refractivity contribution in [3.05, 3.63) is 46.2 Å². The molecule has 0 saturated heterocycles. The van der Waals surface area contributed by atoms with Crippen molar-refractivity contribution in [3.63, 3.8) is 0 Å². The van der Waals surface area contributed by atoms with Crippen LogP contribution in [0, 0.1) is 0 Å². The number of nitrogens with one attached hydrogen (secondary N) is 1. The number of aromatic hydroxyl groups is 1. The first-order valence-electron chi connectivity index (χ1n) is 6.36. The third-order valence-electron chi connectivity index (χ3n) is 3.03. The van der Waals surface area contributed by atoms with Crippen molar-refractivity contribution in [2.45, 2.75) is 12.6 Å². The number of rotatable bonds is 6. The number of hydrogen-bond donors (Lipinski definition) is 2. The zero-order valence-corrected chi connectivity index (χ0v) is 12.6. The molecule has 1 aromatic heterocycles. The van der Waals surface area contributed by atoms with E-state index in [1.807, 2.05) is 17.5 Å². The molecule has 0 amide bonds. The number of ether oxygens (including phenoxy) is 2. The number of thiophene rings is 1. The predicted octanol–water partition coefficient (Wildman–Crippen LogP) is 2.47. The van der Waals surface area contributed by atoms with Gasteiger partial charge in [-0.3, -0.25) is 5.32 Å². The molecular weight excluding hydrogens is 290 g/mol. The topological polar surface area (TPSA) is 67.8 Å². The minimum absolute atomic E-state index is 0.0122. The second kappa shape index (κ2) is 7.10. The Morgan fingerprint density at radius 1 is 1.38 bits per heavy atom. The van der Waals surface area contributed by atoms with E-state index in [1.165, 1.54) is 20.3 Å². The zero-order chi connectivity index (χ0) is 15.2. The van der Waals surface area contributed by atoms with Crippen LogP contribution in [0.5, 0.6) is 11.5 Å². The van der Waals surface area contributed by atoms with Crippen LogP contribution in [0.25, 0.3) is 0 Å². The number of carbonyl (C=O) groups is 1. The van der Waals surface area contributed by atoms with Crippen LogP contribution in [0.3, 0.4) is 0 Å². The SMILES string of the molecule is COC(=O)C(NCc1cccs1)c1ccc(OC)c(O)c1. The van der Waals surface area contributed by atoms with Crippen molar-refractivity contribution in [1.29, 1.82) is 0 Å². The van der Waals surface area contributed by atoms with E-state index < -0.39 is 12.0 Å². The lowest BCUT2D eigenvalue weighted by Gasteiger charge is -2.17. The molecule has 0 bridgehead atoms. The molecule has 1 atom stereocenters. The van der Waals surface area contributed by atoms with E-state index in [4.69, 9.17) is 9.47 Å². The van der Waals surface area contributed by atoms with Crippen LogP contribution in [0.1, 0.15) is 16.5 Å². The van der Waals surface area contributed by atoms with E-state index in [1.54, 1.807) is 23.5 Å². The van der Waals surface area contributed by atoms with E-state index in [9.17, 15) is 9.90 Å². The molecule has 21 heavy (non-hydrogen) atoms. The second-order valence-electron chi connectivity index (χ2n) is 4.35. The van der Waals surface area contributed by atoms with Gasteiger partial charge < -0.3 is 14.6 Å². The highest BCUT2D eigenvalue weighted by atomic mass is 32.1. The Bertz CT molecular complexity index is 598. The molecule has 5 nitrogen and oxygen atoms in total. The monoisotopic (exact) mass is 307 g/mol. The molecule has 0 aliphatic heterocycles. The maximum absolute atomic E-state index is 11.9. The van der Waals surface area contributed by atoms with Gasteiger partial charge in [0.05, 0.1) is 14.2 Å². The lowest BCUT2D eigenvalue weighted by Crippen LogP contribution is -2.29. The maximum atomic E-state index is 11.9. The van der Waals surface area contributed by atoms with Crippen LogP contribution in [0.15, 0.2) is 35.7 Å². The molecule has 1 heterocycles. The standard InChI is InChI=1S/C15H17NO4S/c1-19-13-6-5-10(8-12(13)17)14(15(18)20-2)16-9-11-4-3-7-21-11/h3-8,14,16-17H,9H2,1-2H3. The van der Waals surface area contributed by atoms with Gasteiger partial charge in [0.25, 0.3) is 0 Å². The molecule has 0 spiro atoms. The molecule has 6 heteroatoms. The molecule has 1 aromatic carbocycles. The van der Waals surface area contributed by atoms with Gasteiger partial charge in [-0.1, -0.05) is 12.1 Å². The van der Waals surface area contributed by atoms with Crippen molar-refractivity contribution in [2.24, 2.45) is 0 Å². The number of esters is 1. The summed E-state index contributed by atoms with van der Waals surface area (Å²) >= 11 is 1.60. The van der Waals surface area contributed by atoms with Crippen molar-refractivity contribution in [1.82, 2.24) is 5.32 Å². The molecule has 0 radical (unpaired) electrons. The quantitative estimate of drug-likeness (QED) is 0.803. The minimum Gasteiger partial charge on any atom is -0.504 e. The van der Waals surface area contributed by atoms with Crippen LogP contribution in [-0.4, -0.2) is 25.3 Å². The first-order chi connectivity index (χ1) is 10.2. The number of phenolic OH excluding ortho intramolecular Hbond substituents is 1. The van der Waals surface area contributed by atoms with Gasteiger partial charge in [0.1, 0.15) is 6.04 Å². The second-order valence-corrected chi connectivity index (χ2v) is 5.38. The summed E-state index contributed by atoms with van der Waals surface area (Å²) in [5.41, 5.74) is 0.622. The smallest absolute Gasteiger partial charge is 0.327 e. The van der Waals surface area contributed by atoms with Crippen LogP contribution >= 0.6 is 11.3 Å². The summed E-state index contributed by atoms with van der Waals surface area (Å²) in [5.74, 6) is -0.0569. The van der Waals surface area contributed by atoms with Gasteiger partial charge in [-0.15, -0.1) is 11.3 Å². The van der Waals surface area contributed by atoms with Crippen molar-refractivity contribution in [2.75, 3.05) is 14.2 Å². The van der Waals surface area contributed by atoms with Gasteiger partial charge in [-0.2, -0.15) is 0 Å². The molecule has 112 valence electrons. The number of phenols is 1. The number of benzene rings is 1. The molecule has 2 rings (SSSR count). The Hall–Kier alpha value is -2.05. The van der Waals surface area contributed by atoms with Crippen LogP contribution < -0.4 is 10.1 Å². The molecule has 1 unspecified atom stereocenters. The normalized spacial score (nSPS) is 11.9. The summed E-state index contributed by atoms with van der Waals surface area (Å²) in [7, 11) is 2.81. The molecule has 2 aromatic rings. The fourth-order valence-corrected chi connectivity index (χ4v) is 2.61. The molecule has 2 N–H and O–H groups in total. The summed E-state index contributed by atoms with van der Waals surface area (Å²) in [5, 5.41) is 15.0. The highest BCUT2D eigenvalue weighted by molar-refractivity contribution is 7.09. The highest BCUT2D eigenvalue weighted by Gasteiger charge is 2.22. The van der Waals surface area contributed by atoms with Gasteiger partial charge in [0, 0.05) is 11.4 Å². The average Bonchev–Trinajstić information content (AvgIpc) is 3.00. The van der Waals surface area contributed by atoms with Crippen molar-refractivity contribution < 1.29 is 19.4 Å². The minimum atomic E-state index is -0.645. The van der Waals surface area contributed by atoms with Gasteiger partial charge in [-0.25, -0.2) is 4.79 Å². The van der Waals surface area contributed by atoms with Crippen LogP contribution in [-0.2, 0) is 16.1 Å². The Balaban J connectivity index is 2.19. The summed E-state index contributed by atoms with van der Waals surface area (Å²) in [6.07, 6.45) is 0. The summed E-state index contributed by atoms with van der Waals surface area (Å²) in [6, 6.07) is 8.14. The van der Waals surface area contributed by atoms with Gasteiger partial charge in [0.2, 0.25) is 0 Å². The summed E-state index contributed by atoms with van der Waals surface area (Å²) < 4.78 is 9.82. The summed E-state index contributed by atoms with van der Waals surface area (Å²) in [4.78, 5) is 13.1. The van der Waals surface area contributed by atoms with E-state index in [-0.39, 0.29) is 5.75 Å². The summed E-state index contributed by atoms with van der Waals surface area (Å²) in [6.45, 7) is 0.546. The number of carbonyl (C=O) groups excluding carboxylic acids is 1. The van der Waals surface area contributed by atoms with E-state index >= 15 is 0 Å². The number of methoxy groups -OCH3 is 2. The molecule has 0 saturated carbocycles. The Morgan fingerprint density at radius 2 is 2.19 bits per heavy atom. The highest BCUT2D eigenvalue weighted by Crippen LogP contribution is 2.29. The third-order valence-corrected chi connectivity index (χ3v) is 3.91. The lowest BCUT2D eigenvalue weighted by atomic mass is 10.1. The fraction of sp³-hybridized carbons (Fsp3) is 0.267. The maximum Gasteiger partial charge on any atom is 0.327 e.